The fraction of sp³-hybridized carbons (Fsp3) is 0. The van der Waals surface area contributed by atoms with E-state index >= 15 is 0 Å². The van der Waals surface area contributed by atoms with E-state index in [1.807, 2.05) is 0 Å². The molecule has 0 aliphatic carbocycles. The highest BCUT2D eigenvalue weighted by molar-refractivity contribution is 5.47. The van der Waals surface area contributed by atoms with Crippen molar-refractivity contribution in [3.05, 3.63) is 24.9 Å². The summed E-state index contributed by atoms with van der Waals surface area (Å²) >= 11 is 0. The van der Waals surface area contributed by atoms with Gasteiger partial charge in [-0.25, -0.2) is 19.9 Å². The van der Waals surface area contributed by atoms with Crippen molar-refractivity contribution in [2.24, 2.45) is 0 Å². The Bertz CT molecular complexity index is 281. The van der Waals surface area contributed by atoms with Crippen molar-refractivity contribution in [3.8, 4) is 11.5 Å². The summed E-state index contributed by atoms with van der Waals surface area (Å²) < 4.78 is 0. The lowest BCUT2D eigenvalue weighted by molar-refractivity contribution is 1.18. The highest BCUT2D eigenvalue weighted by Crippen LogP contribution is 2.08. The van der Waals surface area contributed by atoms with Crippen molar-refractivity contribution in [2.45, 2.75) is 0 Å². The topological polar surface area (TPSA) is 51.6 Å². The van der Waals surface area contributed by atoms with Crippen molar-refractivity contribution in [3.63, 3.8) is 0 Å². The summed E-state index contributed by atoms with van der Waals surface area (Å²) in [7, 11) is 0. The van der Waals surface area contributed by atoms with Crippen molar-refractivity contribution in [1.29, 1.82) is 0 Å². The minimum Gasteiger partial charge on any atom is -0.245 e. The third kappa shape index (κ3) is 0.699. The van der Waals surface area contributed by atoms with Crippen LogP contribution in [0, 0.1) is 0 Å². The van der Waals surface area contributed by atoms with Crippen LogP contribution in [0.25, 0.3) is 11.5 Å². The minimum atomic E-state index is 0.637. The summed E-state index contributed by atoms with van der Waals surface area (Å²) in [6.07, 6.45) is 4.58. The van der Waals surface area contributed by atoms with Gasteiger partial charge < -0.3 is 0 Å². The van der Waals surface area contributed by atoms with Crippen molar-refractivity contribution >= 4 is 0 Å². The third-order valence-corrected chi connectivity index (χ3v) is 1.17. The van der Waals surface area contributed by atoms with E-state index in [1.165, 1.54) is 12.7 Å². The molecule has 48 valence electrons. The predicted molar refractivity (Wildman–Crippen MR) is 34.2 cm³/mol. The lowest BCUT2D eigenvalue weighted by Gasteiger charge is -1.79. The molecular formula is C6H4N4. The molecule has 0 spiro atoms. The largest absolute Gasteiger partial charge is 0.245 e. The predicted octanol–water partition coefficient (Wildman–Crippen LogP) is 0.371. The molecule has 0 N–H and O–H groups in total. The average molecular weight is 132 g/mol. The van der Waals surface area contributed by atoms with E-state index in [-0.39, 0.29) is 0 Å². The van der Waals surface area contributed by atoms with Gasteiger partial charge in [0.15, 0.2) is 5.82 Å². The Morgan fingerprint density at radius 3 is 2.90 bits per heavy atom. The van der Waals surface area contributed by atoms with Gasteiger partial charge in [-0.2, -0.15) is 0 Å². The molecule has 10 heavy (non-hydrogen) atoms. The minimum absolute atomic E-state index is 0.637. The van der Waals surface area contributed by atoms with Crippen LogP contribution in [0.4, 0.5) is 0 Å². The Hall–Kier alpha value is -1.58. The highest BCUT2D eigenvalue weighted by Gasteiger charge is 2.01. The van der Waals surface area contributed by atoms with Crippen LogP contribution in [0.1, 0.15) is 0 Å². The maximum atomic E-state index is 3.95. The summed E-state index contributed by atoms with van der Waals surface area (Å²) in [4.78, 5) is 15.6. The van der Waals surface area contributed by atoms with Crippen LogP contribution in [0.5, 0.6) is 0 Å². The molecule has 0 aromatic heterocycles. The summed E-state index contributed by atoms with van der Waals surface area (Å²) in [5.74, 6) is 0.637. The van der Waals surface area contributed by atoms with Gasteiger partial charge >= 0.3 is 0 Å². The molecule has 0 unspecified atom stereocenters. The van der Waals surface area contributed by atoms with Gasteiger partial charge in [0.2, 0.25) is 0 Å². The molecule has 4 heteroatoms. The quantitative estimate of drug-likeness (QED) is 0.519. The molecule has 2 rings (SSSR count). The maximum Gasteiger partial charge on any atom is 0.181 e. The Kier molecular flexibility index (Phi) is 1.04. The Labute approximate surface area is 57.3 Å². The molecule has 0 atom stereocenters. The SMILES string of the molecule is c1cc2ncnc-2ncn1. The molecule has 0 radical (unpaired) electrons. The summed E-state index contributed by atoms with van der Waals surface area (Å²) in [6.45, 7) is 0. The molecule has 0 fully saturated rings. The van der Waals surface area contributed by atoms with Crippen LogP contribution in [-0.2, 0) is 0 Å². The molecule has 0 aromatic carbocycles. The zero-order valence-electron chi connectivity index (χ0n) is 5.10. The van der Waals surface area contributed by atoms with Gasteiger partial charge in [-0.3, -0.25) is 0 Å². The van der Waals surface area contributed by atoms with Gasteiger partial charge in [-0.05, 0) is 6.07 Å². The summed E-state index contributed by atoms with van der Waals surface area (Å²) in [5, 5.41) is 0. The first-order valence-electron chi connectivity index (χ1n) is 2.83. The van der Waals surface area contributed by atoms with E-state index < -0.39 is 0 Å². The number of aromatic nitrogens is 4. The van der Waals surface area contributed by atoms with Gasteiger partial charge in [0.25, 0.3) is 0 Å². The van der Waals surface area contributed by atoms with Crippen LogP contribution in [-0.4, -0.2) is 19.9 Å². The second-order valence-corrected chi connectivity index (χ2v) is 1.79. The monoisotopic (exact) mass is 132 g/mol. The standard InChI is InChI=1S/C6H4N4/c1-2-7-3-9-6-5(1)8-4-10-6/h1-4H. The van der Waals surface area contributed by atoms with Gasteiger partial charge in [-0.1, -0.05) is 0 Å². The first-order chi connectivity index (χ1) is 4.97. The Morgan fingerprint density at radius 1 is 1.00 bits per heavy atom. The number of rotatable bonds is 0. The summed E-state index contributed by atoms with van der Waals surface area (Å²) in [5.41, 5.74) is 0.775. The third-order valence-electron chi connectivity index (χ3n) is 1.17. The van der Waals surface area contributed by atoms with Crippen LogP contribution < -0.4 is 0 Å². The average Bonchev–Trinajstić information content (AvgIpc) is 2.28. The van der Waals surface area contributed by atoms with Crippen LogP contribution in [0.2, 0.25) is 0 Å². The normalized spacial score (nSPS) is 10.0. The highest BCUT2D eigenvalue weighted by atomic mass is 15.0. The molecule has 4 nitrogen and oxygen atoms in total. The lowest BCUT2D eigenvalue weighted by Crippen LogP contribution is -1.74. The fourth-order valence-electron chi connectivity index (χ4n) is 0.727. The van der Waals surface area contributed by atoms with Crippen molar-refractivity contribution < 1.29 is 0 Å². The first kappa shape index (κ1) is 5.22. The lowest BCUT2D eigenvalue weighted by atomic mass is 10.4. The molecule has 0 bridgehead atoms. The van der Waals surface area contributed by atoms with Crippen LogP contribution in [0.3, 0.4) is 0 Å². The van der Waals surface area contributed by atoms with Gasteiger partial charge in [0.05, 0.1) is 0 Å². The maximum absolute atomic E-state index is 3.95. The molecule has 2 heterocycles. The fourth-order valence-corrected chi connectivity index (χ4v) is 0.727. The zero-order valence-corrected chi connectivity index (χ0v) is 5.10. The molecule has 0 saturated carbocycles. The summed E-state index contributed by atoms with van der Waals surface area (Å²) in [6, 6.07) is 1.77. The second-order valence-electron chi connectivity index (χ2n) is 1.79. The molecule has 2 aliphatic heterocycles. The number of fused-ring (bicyclic) bond motifs is 1. The molecule has 0 saturated heterocycles. The van der Waals surface area contributed by atoms with Gasteiger partial charge in [0, 0.05) is 6.20 Å². The Balaban J connectivity index is 2.74. The molecular weight excluding hydrogens is 128 g/mol. The van der Waals surface area contributed by atoms with Crippen molar-refractivity contribution in [2.75, 3.05) is 0 Å². The van der Waals surface area contributed by atoms with Gasteiger partial charge in [0.1, 0.15) is 18.3 Å². The number of nitrogens with zero attached hydrogens (tertiary/aromatic N) is 4. The van der Waals surface area contributed by atoms with Crippen molar-refractivity contribution in [1.82, 2.24) is 19.9 Å². The van der Waals surface area contributed by atoms with E-state index in [0.717, 1.165) is 5.69 Å². The van der Waals surface area contributed by atoms with E-state index in [0.29, 0.717) is 5.82 Å². The van der Waals surface area contributed by atoms with E-state index in [1.54, 1.807) is 12.3 Å². The van der Waals surface area contributed by atoms with Gasteiger partial charge in [-0.15, -0.1) is 0 Å². The van der Waals surface area contributed by atoms with E-state index in [9.17, 15) is 0 Å². The number of hydrogen-bond donors (Lipinski definition) is 0. The van der Waals surface area contributed by atoms with E-state index in [4.69, 9.17) is 0 Å². The van der Waals surface area contributed by atoms with Crippen LogP contribution in [0.15, 0.2) is 24.9 Å². The molecule has 2 aliphatic rings. The first-order valence-corrected chi connectivity index (χ1v) is 2.83. The smallest absolute Gasteiger partial charge is 0.181 e. The number of hydrogen-bond acceptors (Lipinski definition) is 4. The Morgan fingerprint density at radius 2 is 1.90 bits per heavy atom. The van der Waals surface area contributed by atoms with Crippen LogP contribution >= 0.6 is 0 Å². The number of imidazole rings is 1. The van der Waals surface area contributed by atoms with E-state index in [2.05, 4.69) is 19.9 Å². The molecule has 0 aromatic rings. The zero-order chi connectivity index (χ0) is 6.81. The second kappa shape index (κ2) is 1.98. The molecule has 0 amide bonds.